The first-order valence-electron chi connectivity index (χ1n) is 7.44. The Balaban J connectivity index is 0.00000242. The number of hydrogen-bond acceptors (Lipinski definition) is 4. The van der Waals surface area contributed by atoms with Crippen LogP contribution >= 0.6 is 12.4 Å². The van der Waals surface area contributed by atoms with E-state index in [4.69, 9.17) is 9.47 Å². The highest BCUT2D eigenvalue weighted by Crippen LogP contribution is 2.26. The number of rotatable bonds is 7. The number of ether oxygens (including phenoxy) is 2. The van der Waals surface area contributed by atoms with Crippen LogP contribution in [0.5, 0.6) is 5.75 Å². The van der Waals surface area contributed by atoms with E-state index in [1.165, 1.54) is 0 Å². The maximum Gasteiger partial charge on any atom is 0.226 e. The van der Waals surface area contributed by atoms with Crippen LogP contribution in [0.25, 0.3) is 0 Å². The first-order chi connectivity index (χ1) is 10.2. The summed E-state index contributed by atoms with van der Waals surface area (Å²) >= 11 is 0. The molecular formula is C16H25ClN2O3. The van der Waals surface area contributed by atoms with E-state index < -0.39 is 0 Å². The molecule has 0 saturated carbocycles. The van der Waals surface area contributed by atoms with E-state index in [0.29, 0.717) is 31.4 Å². The Morgan fingerprint density at radius 2 is 2.23 bits per heavy atom. The van der Waals surface area contributed by atoms with E-state index in [9.17, 15) is 4.79 Å². The molecule has 2 N–H and O–H groups in total. The van der Waals surface area contributed by atoms with Gasteiger partial charge in [-0.15, -0.1) is 12.4 Å². The average molecular weight is 329 g/mol. The van der Waals surface area contributed by atoms with E-state index in [-0.39, 0.29) is 18.3 Å². The standard InChI is InChI=1S/C16H24N2O3.ClH/c1-12-5-6-14(15(10-12)21-9-8-20-2)18-16(19)11-13-4-3-7-17-13;/h5-6,10,13,17H,3-4,7-9,11H2,1-2H3,(H,18,19);1H. The molecule has 1 aliphatic rings. The average Bonchev–Trinajstić information content (AvgIpc) is 2.95. The largest absolute Gasteiger partial charge is 0.489 e. The number of nitrogens with one attached hydrogen (secondary N) is 2. The van der Waals surface area contributed by atoms with Crippen molar-refractivity contribution in [3.05, 3.63) is 23.8 Å². The second kappa shape index (κ2) is 9.66. The number of hydrogen-bond donors (Lipinski definition) is 2. The number of amides is 1. The fraction of sp³-hybridized carbons (Fsp3) is 0.562. The summed E-state index contributed by atoms with van der Waals surface area (Å²) in [6.45, 7) is 3.99. The Labute approximate surface area is 138 Å². The molecule has 22 heavy (non-hydrogen) atoms. The molecule has 1 aromatic carbocycles. The normalized spacial score (nSPS) is 16.9. The van der Waals surface area contributed by atoms with Crippen LogP contribution < -0.4 is 15.4 Å². The number of carbonyl (C=O) groups is 1. The van der Waals surface area contributed by atoms with E-state index in [0.717, 1.165) is 30.6 Å². The molecule has 1 unspecified atom stereocenters. The van der Waals surface area contributed by atoms with Crippen LogP contribution in [0.4, 0.5) is 5.69 Å². The third-order valence-electron chi connectivity index (χ3n) is 3.55. The van der Waals surface area contributed by atoms with Crippen LogP contribution in [0.2, 0.25) is 0 Å². The molecule has 1 fully saturated rings. The van der Waals surface area contributed by atoms with Gasteiger partial charge in [0.25, 0.3) is 0 Å². The van der Waals surface area contributed by atoms with Gasteiger partial charge in [0, 0.05) is 19.6 Å². The Hall–Kier alpha value is -1.30. The summed E-state index contributed by atoms with van der Waals surface area (Å²) in [7, 11) is 1.64. The van der Waals surface area contributed by atoms with Gasteiger partial charge in [-0.2, -0.15) is 0 Å². The summed E-state index contributed by atoms with van der Waals surface area (Å²) in [4.78, 5) is 12.1. The molecule has 6 heteroatoms. The molecule has 5 nitrogen and oxygen atoms in total. The lowest BCUT2D eigenvalue weighted by Crippen LogP contribution is -2.27. The first kappa shape index (κ1) is 18.7. The Morgan fingerprint density at radius 3 is 2.91 bits per heavy atom. The van der Waals surface area contributed by atoms with Crippen molar-refractivity contribution in [1.82, 2.24) is 5.32 Å². The molecule has 1 amide bonds. The van der Waals surface area contributed by atoms with Crippen molar-refractivity contribution in [1.29, 1.82) is 0 Å². The lowest BCUT2D eigenvalue weighted by atomic mass is 10.1. The van der Waals surface area contributed by atoms with Gasteiger partial charge in [-0.1, -0.05) is 6.07 Å². The molecule has 1 heterocycles. The van der Waals surface area contributed by atoms with Gasteiger partial charge in [-0.25, -0.2) is 0 Å². The van der Waals surface area contributed by atoms with Gasteiger partial charge in [0.2, 0.25) is 5.91 Å². The zero-order valence-electron chi connectivity index (χ0n) is 13.2. The topological polar surface area (TPSA) is 59.6 Å². The highest BCUT2D eigenvalue weighted by Gasteiger charge is 2.18. The van der Waals surface area contributed by atoms with E-state index >= 15 is 0 Å². The number of anilines is 1. The number of carbonyl (C=O) groups excluding carboxylic acids is 1. The molecule has 124 valence electrons. The summed E-state index contributed by atoms with van der Waals surface area (Å²) in [5, 5.41) is 6.28. The third-order valence-corrected chi connectivity index (χ3v) is 3.55. The van der Waals surface area contributed by atoms with Crippen molar-refractivity contribution in [2.75, 3.05) is 32.2 Å². The maximum absolute atomic E-state index is 12.1. The van der Waals surface area contributed by atoms with Crippen molar-refractivity contribution in [2.45, 2.75) is 32.2 Å². The quantitative estimate of drug-likeness (QED) is 0.755. The minimum absolute atomic E-state index is 0. The molecule has 0 aliphatic carbocycles. The van der Waals surface area contributed by atoms with Crippen molar-refractivity contribution >= 4 is 24.0 Å². The van der Waals surface area contributed by atoms with Crippen molar-refractivity contribution in [3.8, 4) is 5.75 Å². The minimum atomic E-state index is 0. The SMILES string of the molecule is COCCOc1cc(C)ccc1NC(=O)CC1CCCN1.Cl. The zero-order chi connectivity index (χ0) is 15.1. The van der Waals surface area contributed by atoms with Crippen LogP contribution in [-0.4, -0.2) is 38.8 Å². The molecule has 0 aromatic heterocycles. The van der Waals surface area contributed by atoms with E-state index in [1.807, 2.05) is 25.1 Å². The maximum atomic E-state index is 12.1. The fourth-order valence-corrected chi connectivity index (χ4v) is 2.44. The van der Waals surface area contributed by atoms with Gasteiger partial charge in [0.05, 0.1) is 12.3 Å². The molecular weight excluding hydrogens is 304 g/mol. The van der Waals surface area contributed by atoms with Gasteiger partial charge in [-0.05, 0) is 44.0 Å². The lowest BCUT2D eigenvalue weighted by Gasteiger charge is -2.15. The summed E-state index contributed by atoms with van der Waals surface area (Å²) in [6, 6.07) is 6.08. The second-order valence-electron chi connectivity index (χ2n) is 5.39. The number of benzene rings is 1. The predicted octanol–water partition coefficient (Wildman–Crippen LogP) is 2.52. The van der Waals surface area contributed by atoms with Gasteiger partial charge in [0.1, 0.15) is 12.4 Å². The second-order valence-corrected chi connectivity index (χ2v) is 5.39. The van der Waals surface area contributed by atoms with Crippen LogP contribution in [0.15, 0.2) is 18.2 Å². The van der Waals surface area contributed by atoms with Gasteiger partial charge in [-0.3, -0.25) is 4.79 Å². The summed E-state index contributed by atoms with van der Waals surface area (Å²) in [6.07, 6.45) is 2.72. The van der Waals surface area contributed by atoms with Crippen LogP contribution in [0.3, 0.4) is 0 Å². The molecule has 0 radical (unpaired) electrons. The fourth-order valence-electron chi connectivity index (χ4n) is 2.44. The molecule has 1 aliphatic heterocycles. The van der Waals surface area contributed by atoms with Crippen LogP contribution in [0.1, 0.15) is 24.8 Å². The van der Waals surface area contributed by atoms with Crippen LogP contribution in [0, 0.1) is 6.92 Å². The third kappa shape index (κ3) is 5.83. The van der Waals surface area contributed by atoms with Crippen molar-refractivity contribution < 1.29 is 14.3 Å². The Morgan fingerprint density at radius 1 is 1.41 bits per heavy atom. The van der Waals surface area contributed by atoms with Gasteiger partial charge in [0.15, 0.2) is 0 Å². The Kier molecular flexibility index (Phi) is 8.24. The minimum Gasteiger partial charge on any atom is -0.489 e. The highest BCUT2D eigenvalue weighted by atomic mass is 35.5. The summed E-state index contributed by atoms with van der Waals surface area (Å²) in [5.74, 6) is 0.717. The number of aryl methyl sites for hydroxylation is 1. The number of halogens is 1. The zero-order valence-corrected chi connectivity index (χ0v) is 14.0. The first-order valence-corrected chi connectivity index (χ1v) is 7.44. The van der Waals surface area contributed by atoms with E-state index in [2.05, 4.69) is 10.6 Å². The molecule has 0 spiro atoms. The smallest absolute Gasteiger partial charge is 0.226 e. The molecule has 2 rings (SSSR count). The van der Waals surface area contributed by atoms with Gasteiger partial charge >= 0.3 is 0 Å². The Bertz CT molecular complexity index is 476. The predicted molar refractivity (Wildman–Crippen MR) is 90.1 cm³/mol. The van der Waals surface area contributed by atoms with Crippen molar-refractivity contribution in [2.24, 2.45) is 0 Å². The van der Waals surface area contributed by atoms with E-state index in [1.54, 1.807) is 7.11 Å². The highest BCUT2D eigenvalue weighted by molar-refractivity contribution is 5.92. The van der Waals surface area contributed by atoms with Crippen molar-refractivity contribution in [3.63, 3.8) is 0 Å². The molecule has 1 aromatic rings. The molecule has 0 bridgehead atoms. The monoisotopic (exact) mass is 328 g/mol. The van der Waals surface area contributed by atoms with Crippen LogP contribution in [-0.2, 0) is 9.53 Å². The lowest BCUT2D eigenvalue weighted by molar-refractivity contribution is -0.116. The summed E-state index contributed by atoms with van der Waals surface area (Å²) in [5.41, 5.74) is 1.82. The van der Waals surface area contributed by atoms with Gasteiger partial charge < -0.3 is 20.1 Å². The molecule has 1 atom stereocenters. The summed E-state index contributed by atoms with van der Waals surface area (Å²) < 4.78 is 10.7. The number of methoxy groups -OCH3 is 1. The molecule has 1 saturated heterocycles.